The number of ether oxygens (including phenoxy) is 2. The van der Waals surface area contributed by atoms with Crippen LogP contribution in [0.3, 0.4) is 0 Å². The normalized spacial score (nSPS) is 12.2. The van der Waals surface area contributed by atoms with Crippen LogP contribution in [0.4, 0.5) is 0 Å². The molecule has 104 valence electrons. The van der Waals surface area contributed by atoms with Crippen molar-refractivity contribution in [3.8, 4) is 0 Å². The highest BCUT2D eigenvalue weighted by atomic mass is 16.7. The Morgan fingerprint density at radius 3 is 2.37 bits per heavy atom. The number of carboxylic acids is 1. The number of carboxylic acid groups (broad SMARTS) is 1. The van der Waals surface area contributed by atoms with Crippen LogP contribution in [0.2, 0.25) is 0 Å². The van der Waals surface area contributed by atoms with Crippen LogP contribution in [-0.4, -0.2) is 29.9 Å². The first-order valence-corrected chi connectivity index (χ1v) is 6.08. The van der Waals surface area contributed by atoms with Gasteiger partial charge < -0.3 is 14.6 Å². The number of hydrogen-bond acceptors (Lipinski definition) is 4. The zero-order valence-corrected chi connectivity index (χ0v) is 11.0. The summed E-state index contributed by atoms with van der Waals surface area (Å²) < 4.78 is 10.2. The average Bonchev–Trinajstić information content (AvgIpc) is 2.37. The lowest BCUT2D eigenvalue weighted by molar-refractivity contribution is -0.189. The van der Waals surface area contributed by atoms with E-state index in [4.69, 9.17) is 14.6 Å². The molecule has 0 fully saturated rings. The van der Waals surface area contributed by atoms with E-state index in [2.05, 4.69) is 0 Å². The number of hydrogen-bond donors (Lipinski definition) is 1. The van der Waals surface area contributed by atoms with Gasteiger partial charge in [-0.15, -0.1) is 0 Å². The fourth-order valence-corrected chi connectivity index (χ4v) is 1.41. The molecule has 1 unspecified atom stereocenters. The smallest absolute Gasteiger partial charge is 0.419 e. The molecule has 1 atom stereocenters. The Hall–Kier alpha value is -1.88. The monoisotopic (exact) mass is 266 g/mol. The van der Waals surface area contributed by atoms with Crippen molar-refractivity contribution in [3.05, 3.63) is 35.9 Å². The number of carbonyl (C=O) groups excluding carboxylic acids is 1. The molecular formula is C14H18O5. The Morgan fingerprint density at radius 2 is 1.84 bits per heavy atom. The first-order chi connectivity index (χ1) is 8.99. The van der Waals surface area contributed by atoms with Gasteiger partial charge in [-0.05, 0) is 11.5 Å². The molecular weight excluding hydrogens is 248 g/mol. The molecule has 1 N–H and O–H groups in total. The lowest BCUT2D eigenvalue weighted by atomic mass is 10.1. The lowest BCUT2D eigenvalue weighted by Gasteiger charge is -2.18. The van der Waals surface area contributed by atoms with E-state index in [0.717, 1.165) is 5.56 Å². The van der Waals surface area contributed by atoms with Gasteiger partial charge in [-0.2, -0.15) is 0 Å². The van der Waals surface area contributed by atoms with E-state index in [1.54, 1.807) is 0 Å². The predicted octanol–water partition coefficient (Wildman–Crippen LogP) is 1.86. The second kappa shape index (κ2) is 7.53. The molecule has 1 aromatic rings. The minimum atomic E-state index is -1.62. The molecule has 0 saturated heterocycles. The predicted molar refractivity (Wildman–Crippen MR) is 68.5 cm³/mol. The zero-order chi connectivity index (χ0) is 14.3. The Kier molecular flexibility index (Phi) is 6.02. The van der Waals surface area contributed by atoms with Gasteiger partial charge in [0, 0.05) is 6.42 Å². The molecule has 5 heteroatoms. The lowest BCUT2D eigenvalue weighted by Crippen LogP contribution is -2.29. The molecule has 1 rings (SSSR count). The van der Waals surface area contributed by atoms with Crippen LogP contribution in [-0.2, 0) is 25.5 Å². The molecule has 0 aliphatic rings. The Labute approximate surface area is 112 Å². The van der Waals surface area contributed by atoms with Crippen LogP contribution in [0.15, 0.2) is 30.3 Å². The minimum absolute atomic E-state index is 0.266. The van der Waals surface area contributed by atoms with Crippen molar-refractivity contribution < 1.29 is 24.2 Å². The molecule has 0 aromatic heterocycles. The number of aliphatic carboxylic acids is 1. The van der Waals surface area contributed by atoms with Crippen LogP contribution < -0.4 is 0 Å². The summed E-state index contributed by atoms with van der Waals surface area (Å²) in [6.45, 7) is 4.31. The summed E-state index contributed by atoms with van der Waals surface area (Å²) in [6, 6.07) is 9.30. The molecule has 0 aliphatic heterocycles. The van der Waals surface area contributed by atoms with Crippen molar-refractivity contribution in [2.45, 2.75) is 26.6 Å². The molecule has 0 heterocycles. The maximum atomic E-state index is 11.1. The van der Waals surface area contributed by atoms with Gasteiger partial charge in [-0.25, -0.2) is 9.59 Å². The van der Waals surface area contributed by atoms with Crippen LogP contribution in [0.5, 0.6) is 0 Å². The van der Waals surface area contributed by atoms with Crippen LogP contribution in [0.1, 0.15) is 19.4 Å². The first kappa shape index (κ1) is 15.2. The van der Waals surface area contributed by atoms with Gasteiger partial charge in [-0.3, -0.25) is 0 Å². The van der Waals surface area contributed by atoms with Gasteiger partial charge in [0.15, 0.2) is 0 Å². The first-order valence-electron chi connectivity index (χ1n) is 6.08. The quantitative estimate of drug-likeness (QED) is 0.483. The van der Waals surface area contributed by atoms with Crippen molar-refractivity contribution in [1.82, 2.24) is 0 Å². The number of benzene rings is 1. The maximum absolute atomic E-state index is 11.1. The summed E-state index contributed by atoms with van der Waals surface area (Å²) in [5.41, 5.74) is 0.912. The standard InChI is InChI=1S/C14H18O5/c1-10(2)9-18-12(19-14(17)13(15)16)8-11-6-4-3-5-7-11/h3-7,10,12H,8-9H2,1-2H3,(H,15,16). The van der Waals surface area contributed by atoms with E-state index in [9.17, 15) is 9.59 Å². The molecule has 0 bridgehead atoms. The van der Waals surface area contributed by atoms with E-state index in [1.165, 1.54) is 0 Å². The van der Waals surface area contributed by atoms with Crippen molar-refractivity contribution in [2.75, 3.05) is 6.61 Å². The van der Waals surface area contributed by atoms with E-state index >= 15 is 0 Å². The molecule has 0 aliphatic carbocycles. The minimum Gasteiger partial charge on any atom is -0.473 e. The molecule has 5 nitrogen and oxygen atoms in total. The van der Waals surface area contributed by atoms with E-state index in [-0.39, 0.29) is 5.92 Å². The summed E-state index contributed by atoms with van der Waals surface area (Å²) >= 11 is 0. The third-order valence-electron chi connectivity index (χ3n) is 2.27. The van der Waals surface area contributed by atoms with Gasteiger partial charge in [0.25, 0.3) is 0 Å². The maximum Gasteiger partial charge on any atom is 0.419 e. The second-order valence-electron chi connectivity index (χ2n) is 4.56. The van der Waals surface area contributed by atoms with E-state index < -0.39 is 18.2 Å². The van der Waals surface area contributed by atoms with Crippen molar-refractivity contribution in [2.24, 2.45) is 5.92 Å². The van der Waals surface area contributed by atoms with Crippen LogP contribution in [0, 0.1) is 5.92 Å². The van der Waals surface area contributed by atoms with Gasteiger partial charge in [-0.1, -0.05) is 44.2 Å². The van der Waals surface area contributed by atoms with Crippen LogP contribution in [0.25, 0.3) is 0 Å². The fraction of sp³-hybridized carbons (Fsp3) is 0.429. The third kappa shape index (κ3) is 6.01. The molecule has 0 saturated carbocycles. The topological polar surface area (TPSA) is 72.8 Å². The summed E-state index contributed by atoms with van der Waals surface area (Å²) in [7, 11) is 0. The largest absolute Gasteiger partial charge is 0.473 e. The Balaban J connectivity index is 2.63. The summed E-state index contributed by atoms with van der Waals surface area (Å²) in [4.78, 5) is 21.6. The SMILES string of the molecule is CC(C)COC(Cc1ccccc1)OC(=O)C(=O)O. The Bertz CT molecular complexity index is 413. The number of rotatable bonds is 6. The van der Waals surface area contributed by atoms with Gasteiger partial charge in [0.2, 0.25) is 6.29 Å². The van der Waals surface area contributed by atoms with Crippen molar-refractivity contribution in [1.29, 1.82) is 0 Å². The molecule has 19 heavy (non-hydrogen) atoms. The van der Waals surface area contributed by atoms with Gasteiger partial charge in [0.1, 0.15) is 0 Å². The van der Waals surface area contributed by atoms with Gasteiger partial charge >= 0.3 is 11.9 Å². The highest BCUT2D eigenvalue weighted by Gasteiger charge is 2.21. The highest BCUT2D eigenvalue weighted by Crippen LogP contribution is 2.09. The third-order valence-corrected chi connectivity index (χ3v) is 2.27. The molecule has 1 aromatic carbocycles. The average molecular weight is 266 g/mol. The summed E-state index contributed by atoms with van der Waals surface area (Å²) in [5.74, 6) is -2.65. The fourth-order valence-electron chi connectivity index (χ4n) is 1.41. The summed E-state index contributed by atoms with van der Waals surface area (Å²) in [6.07, 6.45) is -0.555. The summed E-state index contributed by atoms with van der Waals surface area (Å²) in [5, 5.41) is 8.54. The Morgan fingerprint density at radius 1 is 1.21 bits per heavy atom. The zero-order valence-electron chi connectivity index (χ0n) is 11.0. The molecule has 0 radical (unpaired) electrons. The van der Waals surface area contributed by atoms with Crippen LogP contribution >= 0.6 is 0 Å². The molecule has 0 spiro atoms. The highest BCUT2D eigenvalue weighted by molar-refractivity contribution is 6.28. The van der Waals surface area contributed by atoms with E-state index in [0.29, 0.717) is 13.0 Å². The number of carbonyl (C=O) groups is 2. The van der Waals surface area contributed by atoms with E-state index in [1.807, 2.05) is 44.2 Å². The van der Waals surface area contributed by atoms with Crippen molar-refractivity contribution >= 4 is 11.9 Å². The second-order valence-corrected chi connectivity index (χ2v) is 4.56. The number of esters is 1. The van der Waals surface area contributed by atoms with Gasteiger partial charge in [0.05, 0.1) is 6.61 Å². The molecule has 0 amide bonds. The van der Waals surface area contributed by atoms with Crippen molar-refractivity contribution in [3.63, 3.8) is 0 Å².